The molecule has 34 heavy (non-hydrogen) atoms. The van der Waals surface area contributed by atoms with Gasteiger partial charge in [-0.25, -0.2) is 4.98 Å². The average Bonchev–Trinajstić information content (AvgIpc) is 3.04. The summed E-state index contributed by atoms with van der Waals surface area (Å²) in [4.78, 5) is 31.8. The van der Waals surface area contributed by atoms with Crippen molar-refractivity contribution in [1.29, 1.82) is 0 Å². The van der Waals surface area contributed by atoms with E-state index >= 15 is 0 Å². The van der Waals surface area contributed by atoms with E-state index < -0.39 is 0 Å². The van der Waals surface area contributed by atoms with Gasteiger partial charge in [0.25, 0.3) is 5.91 Å². The third-order valence-electron chi connectivity index (χ3n) is 6.17. The number of benzene rings is 2. The quantitative estimate of drug-likeness (QED) is 0.629. The minimum absolute atomic E-state index is 0.0534. The normalized spacial score (nSPS) is 16.6. The molecule has 0 aliphatic carbocycles. The molecule has 8 heteroatoms. The maximum absolute atomic E-state index is 13.3. The molecule has 1 aromatic heterocycles. The Kier molecular flexibility index (Phi) is 5.79. The van der Waals surface area contributed by atoms with Crippen LogP contribution in [0.4, 0.5) is 0 Å². The van der Waals surface area contributed by atoms with Crippen molar-refractivity contribution >= 4 is 11.8 Å². The maximum Gasteiger partial charge on any atom is 0.252 e. The van der Waals surface area contributed by atoms with Crippen LogP contribution in [0.25, 0.3) is 11.3 Å². The van der Waals surface area contributed by atoms with E-state index in [1.165, 1.54) is 0 Å². The van der Waals surface area contributed by atoms with E-state index in [4.69, 9.17) is 14.2 Å². The number of hydrogen-bond acceptors (Lipinski definition) is 6. The summed E-state index contributed by atoms with van der Waals surface area (Å²) in [5.74, 6) is 1.53. The Bertz CT molecular complexity index is 1260. The van der Waals surface area contributed by atoms with Gasteiger partial charge in [-0.05, 0) is 29.8 Å². The van der Waals surface area contributed by atoms with Gasteiger partial charge in [0, 0.05) is 29.3 Å². The summed E-state index contributed by atoms with van der Waals surface area (Å²) in [6.07, 6.45) is 0.187. The van der Waals surface area contributed by atoms with Crippen molar-refractivity contribution < 1.29 is 23.8 Å². The van der Waals surface area contributed by atoms with E-state index in [1.54, 1.807) is 31.3 Å². The monoisotopic (exact) mass is 459 g/mol. The van der Waals surface area contributed by atoms with Crippen LogP contribution in [0, 0.1) is 0 Å². The molecule has 1 N–H and O–H groups in total. The number of pyridine rings is 1. The standard InChI is InChI=1S/C26H25N3O5/c1-32-22-13-16(20-8-5-9-23(27-20)33-2)12-17-15-29(10-11-34-25(17)22)24(30)14-21-18-6-3-4-7-19(18)26(31)28-21/h3-9,12-13,21H,10-11,14-15H2,1-2H3,(H,28,31). The van der Waals surface area contributed by atoms with Gasteiger partial charge in [-0.15, -0.1) is 0 Å². The van der Waals surface area contributed by atoms with Crippen LogP contribution in [-0.2, 0) is 11.3 Å². The van der Waals surface area contributed by atoms with Crippen molar-refractivity contribution in [3.05, 3.63) is 71.3 Å². The van der Waals surface area contributed by atoms with Gasteiger partial charge in [-0.1, -0.05) is 24.3 Å². The van der Waals surface area contributed by atoms with Gasteiger partial charge in [0.2, 0.25) is 11.8 Å². The Morgan fingerprint density at radius 2 is 2.00 bits per heavy atom. The van der Waals surface area contributed by atoms with Crippen LogP contribution in [0.5, 0.6) is 17.4 Å². The van der Waals surface area contributed by atoms with E-state index in [2.05, 4.69) is 10.3 Å². The van der Waals surface area contributed by atoms with Crippen molar-refractivity contribution in [3.8, 4) is 28.6 Å². The number of nitrogens with one attached hydrogen (secondary N) is 1. The molecule has 3 aromatic rings. The lowest BCUT2D eigenvalue weighted by Gasteiger charge is -2.22. The largest absolute Gasteiger partial charge is 0.493 e. The SMILES string of the molecule is COc1cccc(-c2cc3c(c(OC)c2)OCCN(C(=O)CC2NC(=O)c4ccccc42)C3)n1. The number of aromatic nitrogens is 1. The minimum atomic E-state index is -0.332. The zero-order valence-electron chi connectivity index (χ0n) is 19.0. The van der Waals surface area contributed by atoms with Crippen molar-refractivity contribution in [2.24, 2.45) is 0 Å². The Balaban J connectivity index is 1.41. The zero-order chi connectivity index (χ0) is 23.7. The van der Waals surface area contributed by atoms with E-state index in [-0.39, 0.29) is 24.3 Å². The van der Waals surface area contributed by atoms with Gasteiger partial charge in [0.1, 0.15) is 6.61 Å². The Morgan fingerprint density at radius 3 is 2.82 bits per heavy atom. The molecule has 0 radical (unpaired) electrons. The van der Waals surface area contributed by atoms with Crippen molar-refractivity contribution in [2.45, 2.75) is 19.0 Å². The van der Waals surface area contributed by atoms with Crippen LogP contribution in [0.2, 0.25) is 0 Å². The van der Waals surface area contributed by atoms with Crippen LogP contribution in [0.15, 0.2) is 54.6 Å². The second kappa shape index (κ2) is 9.05. The number of amides is 2. The second-order valence-corrected chi connectivity index (χ2v) is 8.21. The third-order valence-corrected chi connectivity index (χ3v) is 6.17. The summed E-state index contributed by atoms with van der Waals surface area (Å²) in [5, 5.41) is 2.93. The zero-order valence-corrected chi connectivity index (χ0v) is 19.0. The fraction of sp³-hybridized carbons (Fsp3) is 0.269. The number of methoxy groups -OCH3 is 2. The fourth-order valence-electron chi connectivity index (χ4n) is 4.47. The van der Waals surface area contributed by atoms with Crippen molar-refractivity contribution in [3.63, 3.8) is 0 Å². The van der Waals surface area contributed by atoms with Gasteiger partial charge >= 0.3 is 0 Å². The van der Waals surface area contributed by atoms with Gasteiger partial charge in [0.15, 0.2) is 11.5 Å². The second-order valence-electron chi connectivity index (χ2n) is 8.21. The highest BCUT2D eigenvalue weighted by Gasteiger charge is 2.32. The summed E-state index contributed by atoms with van der Waals surface area (Å²) >= 11 is 0. The number of rotatable bonds is 5. The van der Waals surface area contributed by atoms with Gasteiger partial charge < -0.3 is 24.4 Å². The van der Waals surface area contributed by atoms with Gasteiger partial charge in [0.05, 0.1) is 38.9 Å². The molecular formula is C26H25N3O5. The number of fused-ring (bicyclic) bond motifs is 2. The first-order chi connectivity index (χ1) is 16.6. The Labute approximate surface area is 197 Å². The number of carbonyl (C=O) groups is 2. The molecule has 0 bridgehead atoms. The number of carbonyl (C=O) groups excluding carboxylic acids is 2. The Hall–Kier alpha value is -4.07. The molecule has 2 aromatic carbocycles. The molecular weight excluding hydrogens is 434 g/mol. The number of ether oxygens (including phenoxy) is 3. The predicted octanol–water partition coefficient (Wildman–Crippen LogP) is 3.36. The van der Waals surface area contributed by atoms with E-state index in [1.807, 2.05) is 42.5 Å². The maximum atomic E-state index is 13.3. The van der Waals surface area contributed by atoms with Crippen LogP contribution < -0.4 is 19.5 Å². The number of hydrogen-bond donors (Lipinski definition) is 1. The smallest absolute Gasteiger partial charge is 0.252 e. The fourth-order valence-corrected chi connectivity index (χ4v) is 4.47. The highest BCUT2D eigenvalue weighted by Crippen LogP contribution is 2.38. The highest BCUT2D eigenvalue weighted by atomic mass is 16.5. The molecule has 0 saturated heterocycles. The molecule has 0 saturated carbocycles. The van der Waals surface area contributed by atoms with Crippen molar-refractivity contribution in [1.82, 2.24) is 15.2 Å². The molecule has 1 atom stereocenters. The van der Waals surface area contributed by atoms with Gasteiger partial charge in [-0.3, -0.25) is 9.59 Å². The van der Waals surface area contributed by atoms with Gasteiger partial charge in [-0.2, -0.15) is 0 Å². The van der Waals surface area contributed by atoms with E-state index in [0.717, 1.165) is 22.4 Å². The highest BCUT2D eigenvalue weighted by molar-refractivity contribution is 5.99. The molecule has 3 heterocycles. The average molecular weight is 460 g/mol. The Morgan fingerprint density at radius 1 is 1.15 bits per heavy atom. The molecule has 5 rings (SSSR count). The molecule has 174 valence electrons. The summed E-state index contributed by atoms with van der Waals surface area (Å²) in [6, 6.07) is 16.5. The molecule has 2 aliphatic rings. The first kappa shape index (κ1) is 21.8. The molecule has 2 aliphatic heterocycles. The predicted molar refractivity (Wildman–Crippen MR) is 125 cm³/mol. The molecule has 8 nitrogen and oxygen atoms in total. The summed E-state index contributed by atoms with van der Waals surface area (Å²) in [6.45, 7) is 1.15. The molecule has 0 spiro atoms. The van der Waals surface area contributed by atoms with Crippen molar-refractivity contribution in [2.75, 3.05) is 27.4 Å². The number of nitrogens with zero attached hydrogens (tertiary/aromatic N) is 2. The summed E-state index contributed by atoms with van der Waals surface area (Å²) in [5.41, 5.74) is 3.89. The molecule has 1 unspecified atom stereocenters. The topological polar surface area (TPSA) is 90.0 Å². The van der Waals surface area contributed by atoms with E-state index in [9.17, 15) is 9.59 Å². The van der Waals surface area contributed by atoms with Crippen LogP contribution in [0.1, 0.15) is 33.9 Å². The first-order valence-electron chi connectivity index (χ1n) is 11.1. The lowest BCUT2D eigenvalue weighted by molar-refractivity contribution is -0.132. The summed E-state index contributed by atoms with van der Waals surface area (Å²) in [7, 11) is 3.17. The lowest BCUT2D eigenvalue weighted by atomic mass is 10.0. The van der Waals surface area contributed by atoms with Crippen LogP contribution in [0.3, 0.4) is 0 Å². The summed E-state index contributed by atoms with van der Waals surface area (Å²) < 4.78 is 16.9. The third kappa shape index (κ3) is 4.03. The first-order valence-corrected chi connectivity index (χ1v) is 11.1. The minimum Gasteiger partial charge on any atom is -0.493 e. The van der Waals surface area contributed by atoms with Crippen LogP contribution in [-0.4, -0.2) is 49.1 Å². The molecule has 0 fully saturated rings. The molecule has 2 amide bonds. The van der Waals surface area contributed by atoms with Crippen LogP contribution >= 0.6 is 0 Å². The lowest BCUT2D eigenvalue weighted by Crippen LogP contribution is -2.35. The van der Waals surface area contributed by atoms with E-state index in [0.29, 0.717) is 42.6 Å².